The summed E-state index contributed by atoms with van der Waals surface area (Å²) < 4.78 is 10.9. The van der Waals surface area contributed by atoms with E-state index in [-0.39, 0.29) is 18.1 Å². The second kappa shape index (κ2) is 7.50. The van der Waals surface area contributed by atoms with Gasteiger partial charge >= 0.3 is 0 Å². The van der Waals surface area contributed by atoms with E-state index in [0.29, 0.717) is 19.1 Å². The molecule has 2 saturated heterocycles. The van der Waals surface area contributed by atoms with Crippen molar-refractivity contribution >= 4 is 17.2 Å². The molecular formula is C15H23N3O3S. The van der Waals surface area contributed by atoms with Crippen molar-refractivity contribution < 1.29 is 14.3 Å². The second-order valence-corrected chi connectivity index (χ2v) is 6.87. The molecule has 0 unspecified atom stereocenters. The third kappa shape index (κ3) is 3.84. The van der Waals surface area contributed by atoms with Gasteiger partial charge < -0.3 is 14.8 Å². The lowest BCUT2D eigenvalue weighted by molar-refractivity contribution is -0.133. The number of carbonyl (C=O) groups is 1. The summed E-state index contributed by atoms with van der Waals surface area (Å²) >= 11 is 1.69. The molecule has 0 aliphatic carbocycles. The molecule has 122 valence electrons. The minimum absolute atomic E-state index is 0.00192. The van der Waals surface area contributed by atoms with Crippen LogP contribution in [0.25, 0.3) is 0 Å². The van der Waals surface area contributed by atoms with E-state index >= 15 is 0 Å². The predicted molar refractivity (Wildman–Crippen MR) is 83.7 cm³/mol. The Morgan fingerprint density at radius 2 is 2.55 bits per heavy atom. The van der Waals surface area contributed by atoms with Gasteiger partial charge in [-0.2, -0.15) is 0 Å². The first-order valence-corrected chi connectivity index (χ1v) is 8.67. The van der Waals surface area contributed by atoms with Gasteiger partial charge in [0.05, 0.1) is 19.3 Å². The number of likely N-dealkylation sites (tertiary alicyclic amines) is 1. The molecule has 22 heavy (non-hydrogen) atoms. The predicted octanol–water partition coefficient (Wildman–Crippen LogP) is 0.885. The van der Waals surface area contributed by atoms with Crippen molar-refractivity contribution in [1.29, 1.82) is 0 Å². The Morgan fingerprint density at radius 1 is 1.64 bits per heavy atom. The second-order valence-electron chi connectivity index (χ2n) is 5.89. The largest absolute Gasteiger partial charge is 0.383 e. The first kappa shape index (κ1) is 15.9. The highest BCUT2D eigenvalue weighted by Gasteiger charge is 2.41. The molecule has 0 spiro atoms. The lowest BCUT2D eigenvalue weighted by Crippen LogP contribution is -2.42. The maximum absolute atomic E-state index is 12.1. The Labute approximate surface area is 134 Å². The molecule has 2 aliphatic heterocycles. The number of hydrogen-bond donors (Lipinski definition) is 1. The fourth-order valence-electron chi connectivity index (χ4n) is 3.22. The minimum Gasteiger partial charge on any atom is -0.383 e. The van der Waals surface area contributed by atoms with Gasteiger partial charge in [0.15, 0.2) is 0 Å². The SMILES string of the molecule is COCCNC(=O)[C@@H]1C[C@@H]2CCN(Cc3nccs3)C[C@H]2O1. The molecule has 1 aromatic heterocycles. The first-order valence-electron chi connectivity index (χ1n) is 7.79. The number of nitrogens with one attached hydrogen (secondary N) is 1. The summed E-state index contributed by atoms with van der Waals surface area (Å²) in [5.74, 6) is 0.503. The van der Waals surface area contributed by atoms with Crippen LogP contribution in [0.2, 0.25) is 0 Å². The normalized spacial score (nSPS) is 28.5. The molecule has 7 heteroatoms. The number of ether oxygens (including phenoxy) is 2. The average molecular weight is 325 g/mol. The van der Waals surface area contributed by atoms with E-state index in [2.05, 4.69) is 15.2 Å². The number of fused-ring (bicyclic) bond motifs is 1. The molecule has 2 fully saturated rings. The van der Waals surface area contributed by atoms with Crippen LogP contribution in [0.1, 0.15) is 17.8 Å². The van der Waals surface area contributed by atoms with Gasteiger partial charge in [0.1, 0.15) is 11.1 Å². The van der Waals surface area contributed by atoms with Gasteiger partial charge in [0.2, 0.25) is 5.91 Å². The zero-order valence-electron chi connectivity index (χ0n) is 12.9. The van der Waals surface area contributed by atoms with Crippen molar-refractivity contribution in [2.75, 3.05) is 33.4 Å². The first-order chi connectivity index (χ1) is 10.8. The molecule has 3 atom stereocenters. The average Bonchev–Trinajstić information content (AvgIpc) is 3.16. The molecule has 3 heterocycles. The van der Waals surface area contributed by atoms with Crippen molar-refractivity contribution in [3.05, 3.63) is 16.6 Å². The molecule has 1 N–H and O–H groups in total. The highest BCUT2D eigenvalue weighted by atomic mass is 32.1. The Balaban J connectivity index is 1.47. The summed E-state index contributed by atoms with van der Waals surface area (Å²) in [7, 11) is 1.63. The van der Waals surface area contributed by atoms with Crippen molar-refractivity contribution in [3.63, 3.8) is 0 Å². The number of methoxy groups -OCH3 is 1. The number of thiazole rings is 1. The van der Waals surface area contributed by atoms with Crippen LogP contribution in [0.3, 0.4) is 0 Å². The summed E-state index contributed by atoms with van der Waals surface area (Å²) in [6, 6.07) is 0. The summed E-state index contributed by atoms with van der Waals surface area (Å²) in [5.41, 5.74) is 0. The van der Waals surface area contributed by atoms with E-state index in [0.717, 1.165) is 37.5 Å². The van der Waals surface area contributed by atoms with E-state index in [9.17, 15) is 4.79 Å². The third-order valence-corrected chi connectivity index (χ3v) is 5.14. The highest BCUT2D eigenvalue weighted by molar-refractivity contribution is 7.09. The monoisotopic (exact) mass is 325 g/mol. The van der Waals surface area contributed by atoms with Crippen LogP contribution < -0.4 is 5.32 Å². The van der Waals surface area contributed by atoms with Crippen LogP contribution >= 0.6 is 11.3 Å². The zero-order chi connectivity index (χ0) is 15.4. The van der Waals surface area contributed by atoms with Crippen molar-refractivity contribution in [1.82, 2.24) is 15.2 Å². The van der Waals surface area contributed by atoms with Crippen LogP contribution in [0, 0.1) is 5.92 Å². The summed E-state index contributed by atoms with van der Waals surface area (Å²) in [6.45, 7) is 3.91. The lowest BCUT2D eigenvalue weighted by Gasteiger charge is -2.33. The fourth-order valence-corrected chi connectivity index (χ4v) is 3.88. The quantitative estimate of drug-likeness (QED) is 0.787. The van der Waals surface area contributed by atoms with Crippen LogP contribution in [-0.4, -0.2) is 61.3 Å². The van der Waals surface area contributed by atoms with E-state index in [1.165, 1.54) is 0 Å². The lowest BCUT2D eigenvalue weighted by atomic mass is 9.91. The molecule has 1 amide bonds. The highest BCUT2D eigenvalue weighted by Crippen LogP contribution is 2.33. The number of carbonyl (C=O) groups excluding carboxylic acids is 1. The summed E-state index contributed by atoms with van der Waals surface area (Å²) in [5, 5.41) is 6.02. The number of nitrogens with zero attached hydrogens (tertiary/aromatic N) is 2. The maximum Gasteiger partial charge on any atom is 0.249 e. The molecule has 0 aromatic carbocycles. The van der Waals surface area contributed by atoms with E-state index in [1.54, 1.807) is 18.4 Å². The van der Waals surface area contributed by atoms with E-state index in [1.807, 2.05) is 11.6 Å². The molecule has 3 rings (SSSR count). The Bertz CT molecular complexity index is 482. The molecule has 1 aromatic rings. The smallest absolute Gasteiger partial charge is 0.249 e. The molecular weight excluding hydrogens is 302 g/mol. The van der Waals surface area contributed by atoms with Crippen molar-refractivity contribution in [3.8, 4) is 0 Å². The van der Waals surface area contributed by atoms with Crippen LogP contribution in [0.4, 0.5) is 0 Å². The fraction of sp³-hybridized carbons (Fsp3) is 0.733. The van der Waals surface area contributed by atoms with Gasteiger partial charge in [-0.05, 0) is 25.3 Å². The number of amides is 1. The molecule has 6 nitrogen and oxygen atoms in total. The van der Waals surface area contributed by atoms with Crippen LogP contribution in [0.15, 0.2) is 11.6 Å². The third-order valence-electron chi connectivity index (χ3n) is 4.38. The Kier molecular flexibility index (Phi) is 5.41. The van der Waals surface area contributed by atoms with E-state index < -0.39 is 0 Å². The summed E-state index contributed by atoms with van der Waals surface area (Å²) in [6.07, 6.45) is 3.66. The number of rotatable bonds is 6. The standard InChI is InChI=1S/C15H23N3O3S/c1-20-6-3-17-15(19)12-8-11-2-5-18(9-13(11)21-12)10-14-16-4-7-22-14/h4,7,11-13H,2-3,5-6,8-10H2,1H3,(H,17,19)/t11-,12-,13+/m0/s1. The topological polar surface area (TPSA) is 63.7 Å². The van der Waals surface area contributed by atoms with Gasteiger partial charge in [-0.25, -0.2) is 4.98 Å². The van der Waals surface area contributed by atoms with Gasteiger partial charge in [-0.1, -0.05) is 0 Å². The maximum atomic E-state index is 12.1. The minimum atomic E-state index is -0.299. The molecule has 2 aliphatic rings. The molecule has 0 radical (unpaired) electrons. The molecule has 0 saturated carbocycles. The Morgan fingerprint density at radius 3 is 3.32 bits per heavy atom. The van der Waals surface area contributed by atoms with Gasteiger partial charge in [-0.15, -0.1) is 11.3 Å². The number of hydrogen-bond acceptors (Lipinski definition) is 6. The van der Waals surface area contributed by atoms with Crippen LogP contribution in [0.5, 0.6) is 0 Å². The number of aromatic nitrogens is 1. The Hall–Kier alpha value is -1.02. The summed E-state index contributed by atoms with van der Waals surface area (Å²) in [4.78, 5) is 18.8. The van der Waals surface area contributed by atoms with E-state index in [4.69, 9.17) is 9.47 Å². The van der Waals surface area contributed by atoms with Crippen molar-refractivity contribution in [2.24, 2.45) is 5.92 Å². The van der Waals surface area contributed by atoms with Gasteiger partial charge in [0, 0.05) is 31.8 Å². The van der Waals surface area contributed by atoms with Crippen LogP contribution in [-0.2, 0) is 20.8 Å². The van der Waals surface area contributed by atoms with Crippen molar-refractivity contribution in [2.45, 2.75) is 31.6 Å². The van der Waals surface area contributed by atoms with Gasteiger partial charge in [0.25, 0.3) is 0 Å². The number of piperidine rings is 1. The zero-order valence-corrected chi connectivity index (χ0v) is 13.7. The van der Waals surface area contributed by atoms with Gasteiger partial charge in [-0.3, -0.25) is 9.69 Å². The molecule has 0 bridgehead atoms.